The van der Waals surface area contributed by atoms with E-state index in [-0.39, 0.29) is 0 Å². The van der Waals surface area contributed by atoms with Crippen molar-refractivity contribution in [2.24, 2.45) is 0 Å². The minimum atomic E-state index is -0.799. The Morgan fingerprint density at radius 2 is 1.94 bits per heavy atom. The average Bonchev–Trinajstić information content (AvgIpc) is 2.35. The van der Waals surface area contributed by atoms with Gasteiger partial charge in [-0.3, -0.25) is 4.79 Å². The van der Waals surface area contributed by atoms with E-state index in [0.717, 1.165) is 18.4 Å². The molecule has 3 heteroatoms. The van der Waals surface area contributed by atoms with Gasteiger partial charge in [0.2, 0.25) is 0 Å². The molecule has 0 aliphatic rings. The van der Waals surface area contributed by atoms with Crippen LogP contribution in [0.15, 0.2) is 30.3 Å². The number of hydrogen-bond acceptors (Lipinski definition) is 2. The number of ketones is 1. The standard InChI is InChI=1S/C14H20O2S/c1-2-14(15)10-6-7-11-17(16)12-13-8-4-3-5-9-13/h3-5,8-9H,2,6-7,10-12H2,1H3. The summed E-state index contributed by atoms with van der Waals surface area (Å²) < 4.78 is 11.8. The van der Waals surface area contributed by atoms with Crippen LogP contribution in [0.1, 0.15) is 38.2 Å². The molecule has 1 aromatic rings. The first-order valence-electron chi connectivity index (χ1n) is 6.13. The highest BCUT2D eigenvalue weighted by atomic mass is 32.2. The van der Waals surface area contributed by atoms with Crippen molar-refractivity contribution in [3.05, 3.63) is 35.9 Å². The molecule has 0 spiro atoms. The van der Waals surface area contributed by atoms with E-state index < -0.39 is 11.2 Å². The van der Waals surface area contributed by atoms with Crippen molar-refractivity contribution >= 4 is 17.0 Å². The van der Waals surface area contributed by atoms with Crippen LogP contribution >= 0.6 is 0 Å². The van der Waals surface area contributed by atoms with E-state index in [4.69, 9.17) is 0 Å². The summed E-state index contributed by atoms with van der Waals surface area (Å²) in [5, 5.41) is 0. The molecular weight excluding hydrogens is 232 g/mol. The average molecular weight is 252 g/mol. The van der Waals surface area contributed by atoms with Crippen LogP contribution in [0.25, 0.3) is 0 Å². The van der Waals surface area contributed by atoms with Crippen molar-refractivity contribution in [3.63, 3.8) is 0 Å². The fourth-order valence-corrected chi connectivity index (χ4v) is 2.83. The number of benzene rings is 1. The SMILES string of the molecule is CCC(=O)CCCC[S+]([O-])Cc1ccccc1. The minimum absolute atomic E-state index is 0.304. The predicted octanol–water partition coefficient (Wildman–Crippen LogP) is 3.08. The van der Waals surface area contributed by atoms with Gasteiger partial charge in [0.1, 0.15) is 17.3 Å². The molecule has 0 N–H and O–H groups in total. The van der Waals surface area contributed by atoms with E-state index >= 15 is 0 Å². The molecule has 0 saturated carbocycles. The molecule has 0 amide bonds. The number of Topliss-reactive ketones (excluding diaryl/α,β-unsaturated/α-hetero) is 1. The molecule has 0 heterocycles. The van der Waals surface area contributed by atoms with E-state index in [2.05, 4.69) is 0 Å². The van der Waals surface area contributed by atoms with Gasteiger partial charge in [-0.1, -0.05) is 37.3 Å². The molecule has 1 unspecified atom stereocenters. The van der Waals surface area contributed by atoms with Crippen LogP contribution in [0.4, 0.5) is 0 Å². The molecule has 0 aliphatic carbocycles. The summed E-state index contributed by atoms with van der Waals surface area (Å²) in [5.74, 6) is 1.63. The maximum Gasteiger partial charge on any atom is 0.132 e. The van der Waals surface area contributed by atoms with E-state index in [1.54, 1.807) is 0 Å². The Labute approximate surface area is 107 Å². The van der Waals surface area contributed by atoms with Crippen LogP contribution in [0.3, 0.4) is 0 Å². The lowest BCUT2D eigenvalue weighted by Crippen LogP contribution is -2.09. The Balaban J connectivity index is 2.13. The maximum atomic E-state index is 11.8. The molecule has 17 heavy (non-hydrogen) atoms. The first-order chi connectivity index (χ1) is 8.22. The molecule has 94 valence electrons. The second-order valence-corrected chi connectivity index (χ2v) is 5.70. The van der Waals surface area contributed by atoms with E-state index in [0.29, 0.717) is 30.1 Å². The van der Waals surface area contributed by atoms with Gasteiger partial charge >= 0.3 is 0 Å². The van der Waals surface area contributed by atoms with Crippen molar-refractivity contribution in [1.82, 2.24) is 0 Å². The van der Waals surface area contributed by atoms with Gasteiger partial charge in [-0.2, -0.15) is 0 Å². The zero-order chi connectivity index (χ0) is 12.5. The number of carbonyl (C=O) groups excluding carboxylic acids is 1. The molecule has 0 saturated heterocycles. The van der Waals surface area contributed by atoms with Crippen LogP contribution in [0, 0.1) is 0 Å². The van der Waals surface area contributed by atoms with Gasteiger partial charge in [0.05, 0.1) is 0 Å². The third-order valence-corrected chi connectivity index (χ3v) is 4.04. The first kappa shape index (κ1) is 14.3. The molecule has 1 rings (SSSR count). The van der Waals surface area contributed by atoms with E-state index in [9.17, 15) is 9.35 Å². The van der Waals surface area contributed by atoms with Crippen molar-refractivity contribution in [2.45, 2.75) is 38.4 Å². The van der Waals surface area contributed by atoms with Crippen molar-refractivity contribution in [1.29, 1.82) is 0 Å². The highest BCUT2D eigenvalue weighted by molar-refractivity contribution is 7.90. The smallest absolute Gasteiger partial charge is 0.132 e. The summed E-state index contributed by atoms with van der Waals surface area (Å²) in [7, 11) is 0. The van der Waals surface area contributed by atoms with Gasteiger partial charge < -0.3 is 4.55 Å². The van der Waals surface area contributed by atoms with Crippen LogP contribution in [-0.2, 0) is 21.7 Å². The van der Waals surface area contributed by atoms with Gasteiger partial charge in [-0.15, -0.1) is 0 Å². The molecule has 2 nitrogen and oxygen atoms in total. The number of rotatable bonds is 8. The molecule has 0 fully saturated rings. The Kier molecular flexibility index (Phi) is 6.97. The van der Waals surface area contributed by atoms with E-state index in [1.165, 1.54) is 0 Å². The summed E-state index contributed by atoms with van der Waals surface area (Å²) in [4.78, 5) is 11.1. The number of hydrogen-bond donors (Lipinski definition) is 0. The van der Waals surface area contributed by atoms with E-state index in [1.807, 2.05) is 37.3 Å². The zero-order valence-corrected chi connectivity index (χ0v) is 11.2. The highest BCUT2D eigenvalue weighted by Crippen LogP contribution is 2.09. The monoisotopic (exact) mass is 252 g/mol. The summed E-state index contributed by atoms with van der Waals surface area (Å²) in [6, 6.07) is 9.89. The van der Waals surface area contributed by atoms with Gasteiger partial charge in [-0.25, -0.2) is 0 Å². The maximum absolute atomic E-state index is 11.8. The first-order valence-corrected chi connectivity index (χ1v) is 7.61. The topological polar surface area (TPSA) is 40.1 Å². The normalized spacial score (nSPS) is 12.4. The van der Waals surface area contributed by atoms with Gasteiger partial charge in [0, 0.05) is 18.4 Å². The van der Waals surface area contributed by atoms with Crippen LogP contribution < -0.4 is 0 Å². The van der Waals surface area contributed by atoms with Gasteiger partial charge in [0.15, 0.2) is 0 Å². The lowest BCUT2D eigenvalue weighted by molar-refractivity contribution is -0.118. The second-order valence-electron chi connectivity index (χ2n) is 4.12. The predicted molar refractivity (Wildman–Crippen MR) is 72.3 cm³/mol. The largest absolute Gasteiger partial charge is 0.616 e. The quantitative estimate of drug-likeness (QED) is 0.527. The minimum Gasteiger partial charge on any atom is -0.616 e. The molecule has 0 aliphatic heterocycles. The Bertz CT molecular complexity index is 324. The van der Waals surface area contributed by atoms with Crippen LogP contribution in [-0.4, -0.2) is 16.1 Å². The van der Waals surface area contributed by atoms with Crippen LogP contribution in [0.5, 0.6) is 0 Å². The fraction of sp³-hybridized carbons (Fsp3) is 0.500. The van der Waals surface area contributed by atoms with Crippen LogP contribution in [0.2, 0.25) is 0 Å². The summed E-state index contributed by atoms with van der Waals surface area (Å²) in [5.41, 5.74) is 1.12. The fourth-order valence-electron chi connectivity index (χ4n) is 1.59. The number of unbranched alkanes of at least 4 members (excludes halogenated alkanes) is 1. The van der Waals surface area contributed by atoms with Crippen molar-refractivity contribution in [2.75, 3.05) is 5.75 Å². The number of carbonyl (C=O) groups is 1. The Morgan fingerprint density at radius 3 is 2.59 bits per heavy atom. The van der Waals surface area contributed by atoms with Gasteiger partial charge in [-0.05, 0) is 24.0 Å². The van der Waals surface area contributed by atoms with Crippen molar-refractivity contribution in [3.8, 4) is 0 Å². The third-order valence-electron chi connectivity index (χ3n) is 2.64. The highest BCUT2D eigenvalue weighted by Gasteiger charge is 2.07. The lowest BCUT2D eigenvalue weighted by Gasteiger charge is -2.10. The summed E-state index contributed by atoms with van der Waals surface area (Å²) >= 11 is -0.799. The molecule has 1 atom stereocenters. The molecule has 0 bridgehead atoms. The lowest BCUT2D eigenvalue weighted by atomic mass is 10.1. The molecule has 1 aromatic carbocycles. The third kappa shape index (κ3) is 6.49. The van der Waals surface area contributed by atoms with Gasteiger partial charge in [0.25, 0.3) is 0 Å². The summed E-state index contributed by atoms with van der Waals surface area (Å²) in [6.07, 6.45) is 3.00. The zero-order valence-electron chi connectivity index (χ0n) is 10.4. The molecule has 0 radical (unpaired) electrons. The molecule has 0 aromatic heterocycles. The summed E-state index contributed by atoms with van der Waals surface area (Å²) in [6.45, 7) is 1.88. The Hall–Kier alpha value is -0.800. The second kappa shape index (κ2) is 8.31. The van der Waals surface area contributed by atoms with Crippen molar-refractivity contribution < 1.29 is 9.35 Å². The Morgan fingerprint density at radius 1 is 1.24 bits per heavy atom. The molecular formula is C14H20O2S.